The molecule has 1 aliphatic heterocycles. The maximum Gasteiger partial charge on any atom is 0.312 e. The lowest BCUT2D eigenvalue weighted by Crippen LogP contribution is -2.38. The summed E-state index contributed by atoms with van der Waals surface area (Å²) in [6.45, 7) is 6.43. The zero-order chi connectivity index (χ0) is 10.8. The Labute approximate surface area is 90.7 Å². The van der Waals surface area contributed by atoms with Gasteiger partial charge >= 0.3 is 5.97 Å². The molecule has 0 N–H and O–H groups in total. The van der Waals surface area contributed by atoms with E-state index in [2.05, 4.69) is 19.6 Å². The van der Waals surface area contributed by atoms with Crippen LogP contribution in [0.15, 0.2) is 0 Å². The van der Waals surface area contributed by atoms with Gasteiger partial charge in [-0.3, -0.25) is 4.79 Å². The summed E-state index contributed by atoms with van der Waals surface area (Å²) in [5, 5.41) is 0. The molecule has 0 spiro atoms. The number of hydrogen-bond acceptors (Lipinski definition) is 4. The minimum atomic E-state index is -1.54. The Bertz CT molecular complexity index is 215. The highest BCUT2D eigenvalue weighted by Crippen LogP contribution is 2.29. The largest absolute Gasteiger partial charge is 0.469 e. The molecule has 0 radical (unpaired) electrons. The Morgan fingerprint density at radius 1 is 1.36 bits per heavy atom. The molecule has 1 fully saturated rings. The molecule has 0 aliphatic carbocycles. The fourth-order valence-electron chi connectivity index (χ4n) is 1.48. The van der Waals surface area contributed by atoms with Crippen molar-refractivity contribution in [2.45, 2.75) is 25.7 Å². The molecule has 1 rings (SSSR count). The topological polar surface area (TPSA) is 35.5 Å². The highest BCUT2D eigenvalue weighted by Gasteiger charge is 2.37. The molecule has 14 heavy (non-hydrogen) atoms. The Morgan fingerprint density at radius 2 is 2.00 bits per heavy atom. The fraction of sp³-hybridized carbons (Fsp3) is 0.889. The van der Waals surface area contributed by atoms with E-state index < -0.39 is 8.32 Å². The third-order valence-corrected chi connectivity index (χ3v) is 4.21. The molecule has 0 aromatic rings. The monoisotopic (exact) mass is 234 g/mol. The number of ether oxygens (including phenoxy) is 1. The SMILES string of the molecule is COC(=O)[C@@H]1CSC[C@H]1O[Si](C)(C)C. The predicted octanol–water partition coefficient (Wildman–Crippen LogP) is 1.74. The number of methoxy groups -OCH3 is 1. The molecule has 82 valence electrons. The number of hydrogen-bond donors (Lipinski definition) is 0. The second-order valence-electron chi connectivity index (χ2n) is 4.44. The van der Waals surface area contributed by atoms with Gasteiger partial charge in [-0.05, 0) is 19.6 Å². The summed E-state index contributed by atoms with van der Waals surface area (Å²) in [6.07, 6.45) is 0.0686. The minimum Gasteiger partial charge on any atom is -0.469 e. The summed E-state index contributed by atoms with van der Waals surface area (Å²) < 4.78 is 10.7. The van der Waals surface area contributed by atoms with Crippen molar-refractivity contribution in [1.82, 2.24) is 0 Å². The van der Waals surface area contributed by atoms with E-state index >= 15 is 0 Å². The van der Waals surface area contributed by atoms with Crippen molar-refractivity contribution < 1.29 is 14.0 Å². The summed E-state index contributed by atoms with van der Waals surface area (Å²) >= 11 is 1.77. The Kier molecular flexibility index (Phi) is 4.03. The van der Waals surface area contributed by atoms with Gasteiger partial charge in [0.2, 0.25) is 0 Å². The molecule has 0 aromatic heterocycles. The van der Waals surface area contributed by atoms with Crippen LogP contribution < -0.4 is 0 Å². The van der Waals surface area contributed by atoms with Crippen molar-refractivity contribution in [2.24, 2.45) is 5.92 Å². The summed E-state index contributed by atoms with van der Waals surface area (Å²) in [7, 11) is -0.102. The zero-order valence-corrected chi connectivity index (χ0v) is 11.0. The van der Waals surface area contributed by atoms with Crippen molar-refractivity contribution in [3.8, 4) is 0 Å². The van der Waals surface area contributed by atoms with Crippen LogP contribution in [0.2, 0.25) is 19.6 Å². The van der Waals surface area contributed by atoms with Crippen LogP contribution >= 0.6 is 11.8 Å². The van der Waals surface area contributed by atoms with Crippen LogP contribution in [0.1, 0.15) is 0 Å². The normalized spacial score (nSPS) is 27.7. The van der Waals surface area contributed by atoms with Gasteiger partial charge in [0, 0.05) is 11.5 Å². The molecular weight excluding hydrogens is 216 g/mol. The molecule has 1 aliphatic rings. The molecule has 1 saturated heterocycles. The molecule has 3 nitrogen and oxygen atoms in total. The van der Waals surface area contributed by atoms with Gasteiger partial charge in [0.25, 0.3) is 0 Å². The van der Waals surface area contributed by atoms with Crippen LogP contribution in [-0.4, -0.2) is 39.0 Å². The van der Waals surface area contributed by atoms with Crippen LogP contribution in [0, 0.1) is 5.92 Å². The third kappa shape index (κ3) is 3.29. The fourth-order valence-corrected chi connectivity index (χ4v) is 4.03. The van der Waals surface area contributed by atoms with Crippen molar-refractivity contribution >= 4 is 26.0 Å². The van der Waals surface area contributed by atoms with Crippen LogP contribution in [-0.2, 0) is 14.0 Å². The van der Waals surface area contributed by atoms with E-state index in [1.165, 1.54) is 7.11 Å². The summed E-state index contributed by atoms with van der Waals surface area (Å²) in [5.41, 5.74) is 0. The average molecular weight is 234 g/mol. The second kappa shape index (κ2) is 4.68. The number of thioether (sulfide) groups is 1. The minimum absolute atomic E-state index is 0.0586. The van der Waals surface area contributed by atoms with E-state index in [-0.39, 0.29) is 18.0 Å². The van der Waals surface area contributed by atoms with Crippen molar-refractivity contribution in [2.75, 3.05) is 18.6 Å². The maximum atomic E-state index is 11.4. The van der Waals surface area contributed by atoms with E-state index in [0.717, 1.165) is 11.5 Å². The second-order valence-corrected chi connectivity index (χ2v) is 9.97. The Balaban J connectivity index is 2.56. The first-order valence-corrected chi connectivity index (χ1v) is 9.34. The van der Waals surface area contributed by atoms with Gasteiger partial charge in [0.15, 0.2) is 8.32 Å². The van der Waals surface area contributed by atoms with Crippen molar-refractivity contribution in [3.63, 3.8) is 0 Å². The maximum absolute atomic E-state index is 11.4. The molecule has 5 heteroatoms. The first kappa shape index (κ1) is 12.1. The van der Waals surface area contributed by atoms with Gasteiger partial charge in [-0.15, -0.1) is 0 Å². The molecule has 0 aromatic carbocycles. The quantitative estimate of drug-likeness (QED) is 0.550. The average Bonchev–Trinajstić information content (AvgIpc) is 2.48. The van der Waals surface area contributed by atoms with Gasteiger partial charge < -0.3 is 9.16 Å². The predicted molar refractivity (Wildman–Crippen MR) is 61.1 cm³/mol. The number of esters is 1. The molecule has 1 heterocycles. The lowest BCUT2D eigenvalue weighted by molar-refractivity contribution is -0.147. The van der Waals surface area contributed by atoms with E-state index in [4.69, 9.17) is 9.16 Å². The van der Waals surface area contributed by atoms with Crippen molar-refractivity contribution in [1.29, 1.82) is 0 Å². The third-order valence-electron chi connectivity index (χ3n) is 2.04. The molecule has 0 saturated carbocycles. The lowest BCUT2D eigenvalue weighted by atomic mass is 10.1. The molecular formula is C9H18O3SSi. The van der Waals surface area contributed by atoms with Gasteiger partial charge in [-0.1, -0.05) is 0 Å². The Morgan fingerprint density at radius 3 is 2.50 bits per heavy atom. The lowest BCUT2D eigenvalue weighted by Gasteiger charge is -2.25. The number of carbonyl (C=O) groups excluding carboxylic acids is 1. The van der Waals surface area contributed by atoms with Crippen LogP contribution in [0.4, 0.5) is 0 Å². The van der Waals surface area contributed by atoms with Gasteiger partial charge in [0.05, 0.1) is 19.1 Å². The first-order chi connectivity index (χ1) is 6.44. The zero-order valence-electron chi connectivity index (χ0n) is 9.20. The standard InChI is InChI=1S/C9H18O3SSi/c1-11-9(10)7-5-13-6-8(7)12-14(2,3)4/h7-8H,5-6H2,1-4H3/t7-,8-/m1/s1. The number of rotatable bonds is 3. The number of carbonyl (C=O) groups is 1. The molecule has 0 amide bonds. The van der Waals surface area contributed by atoms with E-state index in [1.54, 1.807) is 11.8 Å². The summed E-state index contributed by atoms with van der Waals surface area (Å²) in [6, 6.07) is 0. The van der Waals surface area contributed by atoms with Crippen LogP contribution in [0.3, 0.4) is 0 Å². The molecule has 2 atom stereocenters. The highest BCUT2D eigenvalue weighted by atomic mass is 32.2. The van der Waals surface area contributed by atoms with Gasteiger partial charge in [0.1, 0.15) is 0 Å². The first-order valence-electron chi connectivity index (χ1n) is 4.77. The molecule has 0 unspecified atom stereocenters. The van der Waals surface area contributed by atoms with Crippen LogP contribution in [0.25, 0.3) is 0 Å². The highest BCUT2D eigenvalue weighted by molar-refractivity contribution is 7.99. The van der Waals surface area contributed by atoms with E-state index in [9.17, 15) is 4.79 Å². The Hall–Kier alpha value is -0.00312. The van der Waals surface area contributed by atoms with Gasteiger partial charge in [-0.2, -0.15) is 11.8 Å². The van der Waals surface area contributed by atoms with Crippen LogP contribution in [0.5, 0.6) is 0 Å². The van der Waals surface area contributed by atoms with E-state index in [1.807, 2.05) is 0 Å². The van der Waals surface area contributed by atoms with E-state index in [0.29, 0.717) is 0 Å². The summed E-state index contributed by atoms with van der Waals surface area (Å²) in [4.78, 5) is 11.4. The summed E-state index contributed by atoms with van der Waals surface area (Å²) in [5.74, 6) is 1.57. The smallest absolute Gasteiger partial charge is 0.312 e. The molecule has 0 bridgehead atoms. The van der Waals surface area contributed by atoms with Gasteiger partial charge in [-0.25, -0.2) is 0 Å². The van der Waals surface area contributed by atoms with Crippen molar-refractivity contribution in [3.05, 3.63) is 0 Å².